The number of halogens is 2. The summed E-state index contributed by atoms with van der Waals surface area (Å²) in [6.45, 7) is 4.04. The molecule has 0 saturated carbocycles. The Bertz CT molecular complexity index is 417. The molecule has 0 heterocycles. The maximum Gasteiger partial charge on any atom is 0.200 e. The highest BCUT2D eigenvalue weighted by Crippen LogP contribution is 2.23. The molecule has 1 aromatic rings. The summed E-state index contributed by atoms with van der Waals surface area (Å²) >= 11 is 0. The molecule has 0 saturated heterocycles. The second kappa shape index (κ2) is 7.09. The number of carbonyl (C=O) groups excluding carboxylic acids is 1. The lowest BCUT2D eigenvalue weighted by molar-refractivity contribution is 0.0987. The van der Waals surface area contributed by atoms with Crippen LogP contribution in [0.2, 0.25) is 0 Å². The van der Waals surface area contributed by atoms with Crippen LogP contribution in [0.15, 0.2) is 12.1 Å². The van der Waals surface area contributed by atoms with Gasteiger partial charge in [-0.15, -0.1) is 0 Å². The largest absolute Gasteiger partial charge is 0.490 e. The molecule has 0 spiro atoms. The van der Waals surface area contributed by atoms with Gasteiger partial charge in [0, 0.05) is 12.0 Å². The fourth-order valence-corrected chi connectivity index (χ4v) is 1.57. The van der Waals surface area contributed by atoms with Gasteiger partial charge in [-0.25, -0.2) is 4.39 Å². The topological polar surface area (TPSA) is 26.3 Å². The van der Waals surface area contributed by atoms with Crippen molar-refractivity contribution in [1.82, 2.24) is 0 Å². The van der Waals surface area contributed by atoms with Gasteiger partial charge in [-0.2, -0.15) is 4.39 Å². The first kappa shape index (κ1) is 14.6. The SMILES string of the molecule is CCCCCOc1cc(C(=O)CC)cc(F)c1F. The molecule has 0 N–H and O–H groups in total. The highest BCUT2D eigenvalue weighted by Gasteiger charge is 2.15. The van der Waals surface area contributed by atoms with Crippen molar-refractivity contribution in [2.75, 3.05) is 6.61 Å². The standard InChI is InChI=1S/C14H18F2O2/c1-3-5-6-7-18-13-9-10(12(17)4-2)8-11(15)14(13)16/h8-9H,3-7H2,1-2H3. The van der Waals surface area contributed by atoms with Gasteiger partial charge >= 0.3 is 0 Å². The number of unbranched alkanes of at least 4 members (excludes halogenated alkanes) is 2. The number of Topliss-reactive ketones (excluding diaryl/α,β-unsaturated/α-hetero) is 1. The maximum absolute atomic E-state index is 13.4. The van der Waals surface area contributed by atoms with Gasteiger partial charge in [-0.1, -0.05) is 26.7 Å². The molecular formula is C14H18F2O2. The molecule has 2 nitrogen and oxygen atoms in total. The molecule has 0 unspecified atom stereocenters. The van der Waals surface area contributed by atoms with Gasteiger partial charge in [0.1, 0.15) is 0 Å². The quantitative estimate of drug-likeness (QED) is 0.541. The third-order valence-corrected chi connectivity index (χ3v) is 2.64. The van der Waals surface area contributed by atoms with Crippen molar-refractivity contribution in [3.05, 3.63) is 29.3 Å². The minimum absolute atomic E-state index is 0.155. The molecule has 0 aliphatic carbocycles. The minimum atomic E-state index is -1.04. The van der Waals surface area contributed by atoms with E-state index in [0.717, 1.165) is 25.3 Å². The Labute approximate surface area is 106 Å². The summed E-state index contributed by atoms with van der Waals surface area (Å²) in [5, 5.41) is 0. The summed E-state index contributed by atoms with van der Waals surface area (Å²) in [6.07, 6.45) is 3.02. The van der Waals surface area contributed by atoms with Gasteiger partial charge in [-0.3, -0.25) is 4.79 Å². The lowest BCUT2D eigenvalue weighted by Crippen LogP contribution is -2.04. The second-order valence-electron chi connectivity index (χ2n) is 4.10. The second-order valence-corrected chi connectivity index (χ2v) is 4.10. The fraction of sp³-hybridized carbons (Fsp3) is 0.500. The Balaban J connectivity index is 2.82. The number of ketones is 1. The van der Waals surface area contributed by atoms with Gasteiger partial charge in [0.2, 0.25) is 5.82 Å². The van der Waals surface area contributed by atoms with E-state index in [9.17, 15) is 13.6 Å². The average Bonchev–Trinajstić information content (AvgIpc) is 2.38. The molecule has 1 rings (SSSR count). The van der Waals surface area contributed by atoms with Crippen molar-refractivity contribution in [3.8, 4) is 5.75 Å². The number of rotatable bonds is 7. The summed E-state index contributed by atoms with van der Waals surface area (Å²) in [6, 6.07) is 2.19. The minimum Gasteiger partial charge on any atom is -0.490 e. The molecule has 0 aliphatic heterocycles. The predicted molar refractivity (Wildman–Crippen MR) is 66.0 cm³/mol. The number of hydrogen-bond donors (Lipinski definition) is 0. The van der Waals surface area contributed by atoms with Crippen LogP contribution in [0, 0.1) is 11.6 Å². The van der Waals surface area contributed by atoms with Crippen LogP contribution < -0.4 is 4.74 Å². The molecule has 0 amide bonds. The Hall–Kier alpha value is -1.45. The molecule has 0 fully saturated rings. The van der Waals surface area contributed by atoms with E-state index in [4.69, 9.17) is 4.74 Å². The lowest BCUT2D eigenvalue weighted by atomic mass is 10.1. The van der Waals surface area contributed by atoms with E-state index in [2.05, 4.69) is 0 Å². The number of carbonyl (C=O) groups is 1. The van der Waals surface area contributed by atoms with Gasteiger partial charge in [-0.05, 0) is 18.6 Å². The van der Waals surface area contributed by atoms with Gasteiger partial charge in [0.25, 0.3) is 0 Å². The van der Waals surface area contributed by atoms with Gasteiger partial charge in [0.05, 0.1) is 6.61 Å². The highest BCUT2D eigenvalue weighted by molar-refractivity contribution is 5.96. The first-order chi connectivity index (χ1) is 8.60. The first-order valence-corrected chi connectivity index (χ1v) is 6.25. The van der Waals surface area contributed by atoms with E-state index in [1.165, 1.54) is 6.07 Å². The summed E-state index contributed by atoms with van der Waals surface area (Å²) in [5.74, 6) is -2.48. The van der Waals surface area contributed by atoms with Crippen molar-refractivity contribution in [3.63, 3.8) is 0 Å². The van der Waals surface area contributed by atoms with Crippen LogP contribution in [0.1, 0.15) is 49.9 Å². The zero-order valence-corrected chi connectivity index (χ0v) is 10.8. The normalized spacial score (nSPS) is 10.4. The van der Waals surface area contributed by atoms with Gasteiger partial charge < -0.3 is 4.74 Å². The van der Waals surface area contributed by atoms with Crippen molar-refractivity contribution in [2.24, 2.45) is 0 Å². The van der Waals surface area contributed by atoms with Gasteiger partial charge in [0.15, 0.2) is 17.3 Å². The molecule has 0 aliphatic rings. The van der Waals surface area contributed by atoms with Crippen LogP contribution >= 0.6 is 0 Å². The van der Waals surface area contributed by atoms with Crippen LogP contribution in [0.5, 0.6) is 5.75 Å². The average molecular weight is 256 g/mol. The zero-order chi connectivity index (χ0) is 13.5. The number of ether oxygens (including phenoxy) is 1. The van der Waals surface area contributed by atoms with Crippen LogP contribution in [-0.4, -0.2) is 12.4 Å². The molecular weight excluding hydrogens is 238 g/mol. The smallest absolute Gasteiger partial charge is 0.200 e. The van der Waals surface area contributed by atoms with Crippen molar-refractivity contribution in [2.45, 2.75) is 39.5 Å². The van der Waals surface area contributed by atoms with E-state index in [0.29, 0.717) is 6.61 Å². The highest BCUT2D eigenvalue weighted by atomic mass is 19.2. The molecule has 18 heavy (non-hydrogen) atoms. The van der Waals surface area contributed by atoms with E-state index >= 15 is 0 Å². The molecule has 1 aromatic carbocycles. The van der Waals surface area contributed by atoms with Crippen molar-refractivity contribution >= 4 is 5.78 Å². The molecule has 0 bridgehead atoms. The molecule has 0 aromatic heterocycles. The summed E-state index contributed by atoms with van der Waals surface area (Å²) in [7, 11) is 0. The zero-order valence-electron chi connectivity index (χ0n) is 10.8. The Morgan fingerprint density at radius 2 is 1.94 bits per heavy atom. The maximum atomic E-state index is 13.4. The van der Waals surface area contributed by atoms with E-state index in [1.807, 2.05) is 6.92 Å². The monoisotopic (exact) mass is 256 g/mol. The Morgan fingerprint density at radius 1 is 1.22 bits per heavy atom. The molecule has 100 valence electrons. The fourth-order valence-electron chi connectivity index (χ4n) is 1.57. The van der Waals surface area contributed by atoms with E-state index in [1.54, 1.807) is 6.92 Å². The van der Waals surface area contributed by atoms with Crippen molar-refractivity contribution < 1.29 is 18.3 Å². The predicted octanol–water partition coefficient (Wildman–Crippen LogP) is 4.13. The number of hydrogen-bond acceptors (Lipinski definition) is 2. The van der Waals surface area contributed by atoms with Crippen LogP contribution in [0.3, 0.4) is 0 Å². The summed E-state index contributed by atoms with van der Waals surface area (Å²) < 4.78 is 31.9. The molecule has 0 radical (unpaired) electrons. The number of benzene rings is 1. The third-order valence-electron chi connectivity index (χ3n) is 2.64. The third kappa shape index (κ3) is 3.79. The summed E-state index contributed by atoms with van der Waals surface area (Å²) in [5.41, 5.74) is 0.155. The van der Waals surface area contributed by atoms with Crippen LogP contribution in [0.25, 0.3) is 0 Å². The first-order valence-electron chi connectivity index (χ1n) is 6.25. The van der Waals surface area contributed by atoms with E-state index in [-0.39, 0.29) is 23.5 Å². The Kier molecular flexibility index (Phi) is 5.75. The van der Waals surface area contributed by atoms with Crippen LogP contribution in [0.4, 0.5) is 8.78 Å². The van der Waals surface area contributed by atoms with Crippen molar-refractivity contribution in [1.29, 1.82) is 0 Å². The lowest BCUT2D eigenvalue weighted by Gasteiger charge is -2.09. The summed E-state index contributed by atoms with van der Waals surface area (Å²) in [4.78, 5) is 11.5. The Morgan fingerprint density at radius 3 is 2.56 bits per heavy atom. The molecule has 0 atom stereocenters. The molecule has 4 heteroatoms. The van der Waals surface area contributed by atoms with E-state index < -0.39 is 11.6 Å². The van der Waals surface area contributed by atoms with Crippen LogP contribution in [-0.2, 0) is 0 Å².